The lowest BCUT2D eigenvalue weighted by atomic mass is 10.1. The second kappa shape index (κ2) is 4.71. The molecule has 0 aromatic rings. The van der Waals surface area contributed by atoms with Crippen molar-refractivity contribution in [3.05, 3.63) is 0 Å². The minimum Gasteiger partial charge on any atom is -0.354 e. The molecular weight excluding hydrogens is 228 g/mol. The van der Waals surface area contributed by atoms with E-state index in [1.807, 2.05) is 0 Å². The molecule has 94 valence electrons. The van der Waals surface area contributed by atoms with Crippen LogP contribution in [-0.2, 0) is 14.6 Å². The van der Waals surface area contributed by atoms with Gasteiger partial charge in [-0.3, -0.25) is 4.79 Å². The number of carbonyl (C=O) groups excluding carboxylic acids is 1. The maximum Gasteiger partial charge on any atom is 0.240 e. The lowest BCUT2D eigenvalue weighted by molar-refractivity contribution is -0.123. The van der Waals surface area contributed by atoms with Gasteiger partial charge >= 0.3 is 0 Å². The number of sulfone groups is 1. The highest BCUT2D eigenvalue weighted by molar-refractivity contribution is 7.92. The second-order valence-corrected chi connectivity index (χ2v) is 7.42. The third-order valence-corrected chi connectivity index (χ3v) is 5.23. The first-order valence-corrected chi connectivity index (χ1v) is 7.33. The molecule has 16 heavy (non-hydrogen) atoms. The predicted molar refractivity (Wildman–Crippen MR) is 62.9 cm³/mol. The van der Waals surface area contributed by atoms with Crippen LogP contribution in [0.15, 0.2) is 0 Å². The molecule has 1 heterocycles. The van der Waals surface area contributed by atoms with Crippen LogP contribution in [0.2, 0.25) is 0 Å². The van der Waals surface area contributed by atoms with Crippen molar-refractivity contribution in [1.29, 1.82) is 0 Å². The Morgan fingerprint density at radius 2 is 2.12 bits per heavy atom. The second-order valence-electron chi connectivity index (χ2n) is 4.85. The molecule has 0 saturated carbocycles. The van der Waals surface area contributed by atoms with E-state index in [4.69, 9.17) is 0 Å². The molecule has 1 aliphatic heterocycles. The van der Waals surface area contributed by atoms with Crippen molar-refractivity contribution >= 4 is 15.7 Å². The van der Waals surface area contributed by atoms with Gasteiger partial charge in [0.2, 0.25) is 5.91 Å². The van der Waals surface area contributed by atoms with Crippen LogP contribution >= 0.6 is 0 Å². The SMILES string of the molecule is CC(C)(C(=O)NCC1CCNC1)S(C)(=O)=O. The van der Waals surface area contributed by atoms with E-state index in [1.54, 1.807) is 0 Å². The number of amides is 1. The van der Waals surface area contributed by atoms with Crippen molar-refractivity contribution in [2.75, 3.05) is 25.9 Å². The zero-order chi connectivity index (χ0) is 12.4. The fraction of sp³-hybridized carbons (Fsp3) is 0.900. The van der Waals surface area contributed by atoms with Crippen LogP contribution < -0.4 is 10.6 Å². The Kier molecular flexibility index (Phi) is 3.96. The molecule has 0 bridgehead atoms. The largest absolute Gasteiger partial charge is 0.354 e. The van der Waals surface area contributed by atoms with Gasteiger partial charge in [0, 0.05) is 12.8 Å². The van der Waals surface area contributed by atoms with Crippen LogP contribution in [0.1, 0.15) is 20.3 Å². The molecule has 0 radical (unpaired) electrons. The summed E-state index contributed by atoms with van der Waals surface area (Å²) in [5, 5.41) is 5.91. The monoisotopic (exact) mass is 248 g/mol. The molecule has 1 rings (SSSR count). The first-order valence-electron chi connectivity index (χ1n) is 5.44. The van der Waals surface area contributed by atoms with E-state index in [9.17, 15) is 13.2 Å². The van der Waals surface area contributed by atoms with E-state index in [0.29, 0.717) is 12.5 Å². The molecule has 1 fully saturated rings. The zero-order valence-corrected chi connectivity index (χ0v) is 10.9. The fourth-order valence-corrected chi connectivity index (χ4v) is 1.92. The third-order valence-electron chi connectivity index (χ3n) is 3.19. The number of nitrogens with one attached hydrogen (secondary N) is 2. The van der Waals surface area contributed by atoms with E-state index >= 15 is 0 Å². The van der Waals surface area contributed by atoms with E-state index in [1.165, 1.54) is 13.8 Å². The molecule has 1 aliphatic rings. The maximum atomic E-state index is 11.8. The molecular formula is C10H20N2O3S. The highest BCUT2D eigenvalue weighted by Gasteiger charge is 2.38. The van der Waals surface area contributed by atoms with E-state index in [-0.39, 0.29) is 0 Å². The summed E-state index contributed by atoms with van der Waals surface area (Å²) in [6.45, 7) is 5.27. The Bertz CT molecular complexity index is 356. The minimum atomic E-state index is -3.37. The van der Waals surface area contributed by atoms with E-state index in [0.717, 1.165) is 25.8 Å². The molecule has 5 nitrogen and oxygen atoms in total. The molecule has 1 atom stereocenters. The summed E-state index contributed by atoms with van der Waals surface area (Å²) in [5.41, 5.74) is 0. The van der Waals surface area contributed by atoms with Crippen molar-refractivity contribution < 1.29 is 13.2 Å². The van der Waals surface area contributed by atoms with Gasteiger partial charge in [-0.15, -0.1) is 0 Å². The summed E-state index contributed by atoms with van der Waals surface area (Å²) in [5.74, 6) is 0.00112. The first-order chi connectivity index (χ1) is 7.25. The van der Waals surface area contributed by atoms with Crippen LogP contribution in [0.3, 0.4) is 0 Å². The van der Waals surface area contributed by atoms with Gasteiger partial charge < -0.3 is 10.6 Å². The van der Waals surface area contributed by atoms with Gasteiger partial charge in [0.15, 0.2) is 9.84 Å². The molecule has 1 saturated heterocycles. The summed E-state index contributed by atoms with van der Waals surface area (Å²) in [7, 11) is -3.37. The average Bonchev–Trinajstić information content (AvgIpc) is 2.64. The Hall–Kier alpha value is -0.620. The summed E-state index contributed by atoms with van der Waals surface area (Å²) < 4.78 is 21.5. The van der Waals surface area contributed by atoms with Gasteiger partial charge in [-0.1, -0.05) is 0 Å². The number of rotatable bonds is 4. The molecule has 0 aromatic heterocycles. The average molecular weight is 248 g/mol. The Labute approximate surface area is 96.9 Å². The summed E-state index contributed by atoms with van der Waals surface area (Å²) in [6, 6.07) is 0. The Morgan fingerprint density at radius 3 is 2.56 bits per heavy atom. The molecule has 0 spiro atoms. The summed E-state index contributed by atoms with van der Waals surface area (Å²) in [4.78, 5) is 11.8. The smallest absolute Gasteiger partial charge is 0.240 e. The van der Waals surface area contributed by atoms with Crippen LogP contribution in [0, 0.1) is 5.92 Å². The number of hydrogen-bond acceptors (Lipinski definition) is 4. The topological polar surface area (TPSA) is 75.3 Å². The third kappa shape index (κ3) is 2.95. The molecule has 0 aromatic carbocycles. The first kappa shape index (κ1) is 13.4. The summed E-state index contributed by atoms with van der Waals surface area (Å²) >= 11 is 0. The van der Waals surface area contributed by atoms with Crippen molar-refractivity contribution in [2.45, 2.75) is 25.0 Å². The van der Waals surface area contributed by atoms with Gasteiger partial charge in [-0.25, -0.2) is 8.42 Å². The van der Waals surface area contributed by atoms with Crippen LogP contribution in [0.5, 0.6) is 0 Å². The van der Waals surface area contributed by atoms with Crippen LogP contribution in [0.25, 0.3) is 0 Å². The van der Waals surface area contributed by atoms with Crippen LogP contribution in [0.4, 0.5) is 0 Å². The van der Waals surface area contributed by atoms with Gasteiger partial charge in [0.05, 0.1) is 0 Å². The van der Waals surface area contributed by atoms with Gasteiger partial charge in [0.1, 0.15) is 4.75 Å². The lowest BCUT2D eigenvalue weighted by Crippen LogP contribution is -2.48. The highest BCUT2D eigenvalue weighted by Crippen LogP contribution is 2.15. The number of carbonyl (C=O) groups is 1. The quantitative estimate of drug-likeness (QED) is 0.705. The van der Waals surface area contributed by atoms with Crippen LogP contribution in [-0.4, -0.2) is 45.0 Å². The van der Waals surface area contributed by atoms with E-state index < -0.39 is 20.5 Å². The lowest BCUT2D eigenvalue weighted by Gasteiger charge is -2.22. The molecule has 6 heteroatoms. The highest BCUT2D eigenvalue weighted by atomic mass is 32.2. The minimum absolute atomic E-state index is 0.415. The van der Waals surface area contributed by atoms with Crippen molar-refractivity contribution in [3.63, 3.8) is 0 Å². The zero-order valence-electron chi connectivity index (χ0n) is 10.0. The molecule has 1 amide bonds. The Morgan fingerprint density at radius 1 is 1.50 bits per heavy atom. The van der Waals surface area contributed by atoms with Crippen molar-refractivity contribution in [3.8, 4) is 0 Å². The normalized spacial score (nSPS) is 22.1. The van der Waals surface area contributed by atoms with Gasteiger partial charge in [-0.05, 0) is 39.3 Å². The predicted octanol–water partition coefficient (Wildman–Crippen LogP) is -0.465. The number of hydrogen-bond donors (Lipinski definition) is 2. The maximum absolute atomic E-state index is 11.8. The fourth-order valence-electron chi connectivity index (χ4n) is 1.51. The summed E-state index contributed by atoms with van der Waals surface area (Å²) in [6.07, 6.45) is 2.11. The van der Waals surface area contributed by atoms with Gasteiger partial charge in [0.25, 0.3) is 0 Å². The molecule has 1 unspecified atom stereocenters. The molecule has 0 aliphatic carbocycles. The van der Waals surface area contributed by atoms with Crippen molar-refractivity contribution in [2.24, 2.45) is 5.92 Å². The molecule has 2 N–H and O–H groups in total. The van der Waals surface area contributed by atoms with Gasteiger partial charge in [-0.2, -0.15) is 0 Å². The Balaban J connectivity index is 2.51. The van der Waals surface area contributed by atoms with Crippen molar-refractivity contribution in [1.82, 2.24) is 10.6 Å². The van der Waals surface area contributed by atoms with E-state index in [2.05, 4.69) is 10.6 Å². The standard InChI is InChI=1S/C10H20N2O3S/c1-10(2,16(3,14)15)9(13)12-7-8-4-5-11-6-8/h8,11H,4-7H2,1-3H3,(H,12,13).